The van der Waals surface area contributed by atoms with E-state index in [1.807, 2.05) is 5.32 Å². The molecule has 19 heavy (non-hydrogen) atoms. The van der Waals surface area contributed by atoms with Crippen molar-refractivity contribution < 1.29 is 28.2 Å². The van der Waals surface area contributed by atoms with Crippen molar-refractivity contribution in [2.75, 3.05) is 6.54 Å². The fourth-order valence-electron chi connectivity index (χ4n) is 1.24. The highest BCUT2D eigenvalue weighted by Crippen LogP contribution is 2.38. The van der Waals surface area contributed by atoms with E-state index < -0.39 is 42.0 Å². The molecule has 0 aliphatic rings. The zero-order valence-electron chi connectivity index (χ0n) is 11.8. The van der Waals surface area contributed by atoms with Gasteiger partial charge in [0.2, 0.25) is 0 Å². The van der Waals surface area contributed by atoms with Crippen LogP contribution in [0.1, 0.15) is 41.0 Å². The first kappa shape index (κ1) is 17.6. The lowest BCUT2D eigenvalue weighted by atomic mass is 9.82. The van der Waals surface area contributed by atoms with E-state index in [9.17, 15) is 18.4 Å². The number of carbonyl (C=O) groups excluding carboxylic acids is 1. The van der Waals surface area contributed by atoms with Gasteiger partial charge in [-0.05, 0) is 20.8 Å². The highest BCUT2D eigenvalue weighted by molar-refractivity contribution is 5.68. The number of aliphatic carboxylic acids is 1. The van der Waals surface area contributed by atoms with Crippen molar-refractivity contribution in [2.45, 2.75) is 52.6 Å². The summed E-state index contributed by atoms with van der Waals surface area (Å²) in [4.78, 5) is 21.8. The van der Waals surface area contributed by atoms with Crippen LogP contribution in [0.15, 0.2) is 0 Å². The van der Waals surface area contributed by atoms with Crippen molar-refractivity contribution in [1.29, 1.82) is 0 Å². The SMILES string of the molecule is CC(C)(C)OC(=O)NCC(F)(F)C(C)(C)CC(=O)O. The van der Waals surface area contributed by atoms with Crippen LogP contribution in [0.5, 0.6) is 0 Å². The van der Waals surface area contributed by atoms with Gasteiger partial charge in [0.15, 0.2) is 0 Å². The first-order valence-corrected chi connectivity index (χ1v) is 5.83. The molecule has 0 aliphatic carbocycles. The number of alkyl carbamates (subject to hydrolysis) is 1. The van der Waals surface area contributed by atoms with Crippen molar-refractivity contribution in [2.24, 2.45) is 5.41 Å². The van der Waals surface area contributed by atoms with Gasteiger partial charge in [0.1, 0.15) is 5.60 Å². The molecule has 0 radical (unpaired) electrons. The maximum absolute atomic E-state index is 13.8. The van der Waals surface area contributed by atoms with Crippen LogP contribution < -0.4 is 5.32 Å². The number of nitrogens with one attached hydrogen (secondary N) is 1. The van der Waals surface area contributed by atoms with Crippen molar-refractivity contribution in [3.63, 3.8) is 0 Å². The number of carboxylic acid groups (broad SMARTS) is 1. The number of halogens is 2. The number of hydrogen-bond acceptors (Lipinski definition) is 3. The second kappa shape index (κ2) is 5.71. The van der Waals surface area contributed by atoms with Gasteiger partial charge in [0.05, 0.1) is 13.0 Å². The molecule has 0 aromatic heterocycles. The molecule has 1 amide bonds. The highest BCUT2D eigenvalue weighted by Gasteiger charge is 2.48. The zero-order valence-corrected chi connectivity index (χ0v) is 11.8. The Bertz CT molecular complexity index is 348. The summed E-state index contributed by atoms with van der Waals surface area (Å²) in [5.74, 6) is -4.68. The average Bonchev–Trinajstić information content (AvgIpc) is 2.09. The fourth-order valence-corrected chi connectivity index (χ4v) is 1.24. The molecule has 0 heterocycles. The summed E-state index contributed by atoms with van der Waals surface area (Å²) in [5, 5.41) is 10.6. The lowest BCUT2D eigenvalue weighted by Gasteiger charge is -2.33. The highest BCUT2D eigenvalue weighted by atomic mass is 19.3. The Kier molecular flexibility index (Phi) is 5.29. The maximum Gasteiger partial charge on any atom is 0.407 e. The van der Waals surface area contributed by atoms with Crippen LogP contribution in [0.25, 0.3) is 0 Å². The van der Waals surface area contributed by atoms with Crippen molar-refractivity contribution in [3.8, 4) is 0 Å². The predicted molar refractivity (Wildman–Crippen MR) is 65.2 cm³/mol. The summed E-state index contributed by atoms with van der Waals surface area (Å²) in [6.45, 7) is 6.13. The van der Waals surface area contributed by atoms with Gasteiger partial charge >= 0.3 is 12.1 Å². The fraction of sp³-hybridized carbons (Fsp3) is 0.833. The molecule has 0 saturated heterocycles. The summed E-state index contributed by atoms with van der Waals surface area (Å²) in [6, 6.07) is 0. The molecule has 2 N–H and O–H groups in total. The molecule has 0 rings (SSSR count). The second-order valence-corrected chi connectivity index (χ2v) is 6.01. The second-order valence-electron chi connectivity index (χ2n) is 6.01. The molecule has 0 saturated carbocycles. The Balaban J connectivity index is 4.53. The normalized spacial score (nSPS) is 13.0. The third-order valence-electron chi connectivity index (χ3n) is 2.44. The third-order valence-corrected chi connectivity index (χ3v) is 2.44. The van der Waals surface area contributed by atoms with Crippen molar-refractivity contribution in [1.82, 2.24) is 5.32 Å². The zero-order chi connectivity index (χ0) is 15.5. The number of carboxylic acids is 1. The van der Waals surface area contributed by atoms with Crippen LogP contribution in [-0.4, -0.2) is 35.2 Å². The van der Waals surface area contributed by atoms with Gasteiger partial charge in [-0.2, -0.15) is 0 Å². The Morgan fingerprint density at radius 3 is 2.00 bits per heavy atom. The summed E-state index contributed by atoms with van der Waals surface area (Å²) in [6.07, 6.45) is -1.66. The monoisotopic (exact) mass is 281 g/mol. The van der Waals surface area contributed by atoms with E-state index in [0.29, 0.717) is 0 Å². The molecule has 0 unspecified atom stereocenters. The molecule has 0 spiro atoms. The molecule has 0 aromatic carbocycles. The number of alkyl halides is 2. The third kappa shape index (κ3) is 6.35. The summed E-state index contributed by atoms with van der Waals surface area (Å²) in [7, 11) is 0. The quantitative estimate of drug-likeness (QED) is 0.812. The van der Waals surface area contributed by atoms with Gasteiger partial charge in [0, 0.05) is 5.41 Å². The number of amides is 1. The van der Waals surface area contributed by atoms with Crippen LogP contribution in [-0.2, 0) is 9.53 Å². The van der Waals surface area contributed by atoms with E-state index in [2.05, 4.69) is 0 Å². The lowest BCUT2D eigenvalue weighted by molar-refractivity contribution is -0.151. The van der Waals surface area contributed by atoms with E-state index in [4.69, 9.17) is 9.84 Å². The van der Waals surface area contributed by atoms with Gasteiger partial charge in [-0.15, -0.1) is 0 Å². The Labute approximate surface area is 111 Å². The molecule has 0 aliphatic heterocycles. The molecular formula is C12H21F2NO4. The number of hydrogen-bond donors (Lipinski definition) is 2. The predicted octanol–water partition coefficient (Wildman–Crippen LogP) is 2.65. The minimum Gasteiger partial charge on any atom is -0.481 e. The summed E-state index contributed by atoms with van der Waals surface area (Å²) < 4.78 is 32.5. The average molecular weight is 281 g/mol. The van der Waals surface area contributed by atoms with Crippen molar-refractivity contribution >= 4 is 12.1 Å². The van der Waals surface area contributed by atoms with E-state index in [1.54, 1.807) is 20.8 Å². The van der Waals surface area contributed by atoms with Crippen molar-refractivity contribution in [3.05, 3.63) is 0 Å². The van der Waals surface area contributed by atoms with E-state index in [1.165, 1.54) is 0 Å². The van der Waals surface area contributed by atoms with Gasteiger partial charge in [-0.1, -0.05) is 13.8 Å². The molecule has 0 aromatic rings. The minimum atomic E-state index is -3.36. The molecule has 112 valence electrons. The molecule has 0 atom stereocenters. The van der Waals surface area contributed by atoms with E-state index >= 15 is 0 Å². The largest absolute Gasteiger partial charge is 0.481 e. The maximum atomic E-state index is 13.8. The van der Waals surface area contributed by atoms with Crippen LogP contribution >= 0.6 is 0 Å². The number of carbonyl (C=O) groups is 2. The molecule has 0 bridgehead atoms. The lowest BCUT2D eigenvalue weighted by Crippen LogP contribution is -2.48. The molecular weight excluding hydrogens is 260 g/mol. The van der Waals surface area contributed by atoms with Gasteiger partial charge in [0.25, 0.3) is 5.92 Å². The van der Waals surface area contributed by atoms with Gasteiger partial charge < -0.3 is 15.2 Å². The first-order valence-electron chi connectivity index (χ1n) is 5.83. The first-order chi connectivity index (χ1) is 8.27. The molecule has 7 heteroatoms. The standard InChI is InChI=1S/C12H21F2NO4/c1-10(2,3)19-9(18)15-7-12(13,14)11(4,5)6-8(16)17/h6-7H2,1-5H3,(H,15,18)(H,16,17). The van der Waals surface area contributed by atoms with Gasteiger partial charge in [-0.25, -0.2) is 13.6 Å². The number of ether oxygens (including phenoxy) is 1. The smallest absolute Gasteiger partial charge is 0.407 e. The molecule has 5 nitrogen and oxygen atoms in total. The Morgan fingerprint density at radius 2 is 1.63 bits per heavy atom. The van der Waals surface area contributed by atoms with Crippen LogP contribution in [0.3, 0.4) is 0 Å². The van der Waals surface area contributed by atoms with Gasteiger partial charge in [-0.3, -0.25) is 4.79 Å². The minimum absolute atomic E-state index is 0.698. The van der Waals surface area contributed by atoms with Crippen LogP contribution in [0.2, 0.25) is 0 Å². The van der Waals surface area contributed by atoms with E-state index in [0.717, 1.165) is 13.8 Å². The number of rotatable bonds is 5. The summed E-state index contributed by atoms with van der Waals surface area (Å²) in [5.41, 5.74) is -2.55. The van der Waals surface area contributed by atoms with Crippen LogP contribution in [0.4, 0.5) is 13.6 Å². The molecule has 0 fully saturated rings. The Hall–Kier alpha value is -1.40. The van der Waals surface area contributed by atoms with E-state index in [-0.39, 0.29) is 0 Å². The topological polar surface area (TPSA) is 75.6 Å². The Morgan fingerprint density at radius 1 is 1.16 bits per heavy atom. The van der Waals surface area contributed by atoms with Crippen LogP contribution in [0, 0.1) is 5.41 Å². The summed E-state index contributed by atoms with van der Waals surface area (Å²) >= 11 is 0.